The van der Waals surface area contributed by atoms with E-state index in [9.17, 15) is 13.2 Å². The van der Waals surface area contributed by atoms with Crippen molar-refractivity contribution in [1.29, 1.82) is 0 Å². The molecule has 1 aliphatic heterocycles. The maximum Gasteiger partial charge on any atom is 0.219 e. The molecule has 7 heteroatoms. The SMILES string of the molecule is [2H]C1C([2H])N(C(C)=O)C([2H])(COC2CCC(C(C)C)CC2)C([2H])(NS(C)(=O)=O)C1[2H]. The van der Waals surface area contributed by atoms with Gasteiger partial charge in [0, 0.05) is 24.9 Å². The van der Waals surface area contributed by atoms with Crippen molar-refractivity contribution in [2.24, 2.45) is 11.8 Å². The lowest BCUT2D eigenvalue weighted by molar-refractivity contribution is -0.136. The molecule has 0 aromatic carbocycles. The Balaban J connectivity index is 2.34. The summed E-state index contributed by atoms with van der Waals surface area (Å²) in [6.45, 7) is 3.34. The van der Waals surface area contributed by atoms with Crippen molar-refractivity contribution < 1.29 is 24.8 Å². The normalized spacial score (nSPS) is 48.9. The standard InChI is InChI=1S/C18H34N2O4S/c1-13(2)15-7-9-16(10-8-15)24-12-18-17(19-25(4,22)23)6-5-11-20(18)14(3)21/h13,15-19H,5-12H2,1-4H3/i5D,6D,11D,17D,18D. The van der Waals surface area contributed by atoms with E-state index >= 15 is 0 Å². The van der Waals surface area contributed by atoms with Gasteiger partial charge < -0.3 is 9.64 Å². The summed E-state index contributed by atoms with van der Waals surface area (Å²) in [5.74, 6) is 0.398. The van der Waals surface area contributed by atoms with Crippen LogP contribution >= 0.6 is 0 Å². The summed E-state index contributed by atoms with van der Waals surface area (Å²) < 4.78 is 74.1. The molecule has 5 atom stereocenters. The third-order valence-electron chi connectivity index (χ3n) is 4.85. The van der Waals surface area contributed by atoms with Gasteiger partial charge in [0.05, 0.1) is 26.4 Å². The van der Waals surface area contributed by atoms with Crippen LogP contribution in [0.5, 0.6) is 0 Å². The van der Waals surface area contributed by atoms with Gasteiger partial charge in [0.1, 0.15) is 0 Å². The average molecular weight is 380 g/mol. The van der Waals surface area contributed by atoms with Crippen molar-refractivity contribution in [3.63, 3.8) is 0 Å². The number of likely N-dealkylation sites (tertiary alicyclic amines) is 1. The monoisotopic (exact) mass is 379 g/mol. The first kappa shape index (κ1) is 14.4. The van der Waals surface area contributed by atoms with Crippen LogP contribution in [0.2, 0.25) is 0 Å². The number of rotatable bonds is 6. The minimum atomic E-state index is -4.05. The number of hydrogen-bond acceptors (Lipinski definition) is 4. The second-order valence-electron chi connectivity index (χ2n) is 7.22. The highest BCUT2D eigenvalue weighted by molar-refractivity contribution is 7.88. The molecular weight excluding hydrogens is 340 g/mol. The zero-order valence-electron chi connectivity index (χ0n) is 20.5. The van der Waals surface area contributed by atoms with E-state index in [1.807, 2.05) is 4.72 Å². The topological polar surface area (TPSA) is 75.7 Å². The zero-order valence-corrected chi connectivity index (χ0v) is 16.3. The summed E-state index contributed by atoms with van der Waals surface area (Å²) >= 11 is 0. The van der Waals surface area contributed by atoms with Crippen LogP contribution in [0.1, 0.15) is 66.1 Å². The van der Waals surface area contributed by atoms with E-state index in [1.54, 1.807) is 0 Å². The fourth-order valence-corrected chi connectivity index (χ4v) is 3.98. The highest BCUT2D eigenvalue weighted by Gasteiger charge is 2.35. The van der Waals surface area contributed by atoms with Gasteiger partial charge in [-0.15, -0.1) is 0 Å². The molecule has 0 aromatic rings. The number of hydrogen-bond donors (Lipinski definition) is 1. The first-order valence-electron chi connectivity index (χ1n) is 11.5. The molecule has 146 valence electrons. The number of carbonyl (C=O) groups is 1. The van der Waals surface area contributed by atoms with Gasteiger partial charge in [-0.2, -0.15) is 0 Å². The van der Waals surface area contributed by atoms with Crippen molar-refractivity contribution in [3.05, 3.63) is 0 Å². The largest absolute Gasteiger partial charge is 0.376 e. The second-order valence-corrected chi connectivity index (χ2v) is 8.97. The number of sulfonamides is 1. The summed E-state index contributed by atoms with van der Waals surface area (Å²) in [7, 11) is -4.05. The second kappa shape index (κ2) is 8.82. The molecule has 25 heavy (non-hydrogen) atoms. The van der Waals surface area contributed by atoms with Crippen LogP contribution in [0.4, 0.5) is 0 Å². The van der Waals surface area contributed by atoms with E-state index in [4.69, 9.17) is 11.6 Å². The molecular formula is C18H34N2O4S. The molecule has 5 unspecified atom stereocenters. The van der Waals surface area contributed by atoms with E-state index in [0.717, 1.165) is 38.9 Å². The van der Waals surface area contributed by atoms with Crippen LogP contribution < -0.4 is 4.72 Å². The zero-order chi connectivity index (χ0) is 23.1. The Bertz CT molecular complexity index is 734. The molecule has 1 amide bonds. The van der Waals surface area contributed by atoms with Gasteiger partial charge in [-0.3, -0.25) is 4.79 Å². The van der Waals surface area contributed by atoms with Crippen molar-refractivity contribution in [2.45, 2.75) is 77.4 Å². The molecule has 2 aliphatic rings. The molecule has 0 aromatic heterocycles. The van der Waals surface area contributed by atoms with Crippen molar-refractivity contribution in [1.82, 2.24) is 9.62 Å². The van der Waals surface area contributed by atoms with E-state index in [1.165, 1.54) is 0 Å². The maximum absolute atomic E-state index is 12.3. The van der Waals surface area contributed by atoms with Crippen molar-refractivity contribution >= 4 is 15.9 Å². The average Bonchev–Trinajstić information content (AvgIpc) is 2.62. The van der Waals surface area contributed by atoms with Crippen LogP contribution in [0.25, 0.3) is 0 Å². The summed E-state index contributed by atoms with van der Waals surface area (Å²) in [4.78, 5) is 13.0. The molecule has 0 spiro atoms. The van der Waals surface area contributed by atoms with Gasteiger partial charge in [-0.25, -0.2) is 13.1 Å². The Hall–Kier alpha value is -0.660. The smallest absolute Gasteiger partial charge is 0.219 e. The Morgan fingerprint density at radius 2 is 2.00 bits per heavy atom. The molecule has 2 fully saturated rings. The lowest BCUT2D eigenvalue weighted by Gasteiger charge is -2.41. The molecule has 2 rings (SSSR count). The minimum absolute atomic E-state index is 0.208. The molecule has 6 nitrogen and oxygen atoms in total. The number of carbonyl (C=O) groups excluding carboxylic acids is 1. The van der Waals surface area contributed by atoms with Crippen LogP contribution in [-0.2, 0) is 19.6 Å². The first-order valence-corrected chi connectivity index (χ1v) is 10.7. The Labute approximate surface area is 159 Å². The van der Waals surface area contributed by atoms with Crippen LogP contribution in [0.3, 0.4) is 0 Å². The Morgan fingerprint density at radius 3 is 2.52 bits per heavy atom. The molecule has 1 saturated carbocycles. The van der Waals surface area contributed by atoms with Gasteiger partial charge in [0.25, 0.3) is 0 Å². The number of nitrogens with one attached hydrogen (secondary N) is 1. The Kier molecular flexibility index (Phi) is 5.08. The number of nitrogens with zero attached hydrogens (tertiary/aromatic N) is 1. The molecule has 1 saturated heterocycles. The summed E-state index contributed by atoms with van der Waals surface area (Å²) in [5, 5.41) is 0. The van der Waals surface area contributed by atoms with Crippen molar-refractivity contribution in [2.75, 3.05) is 19.4 Å². The van der Waals surface area contributed by atoms with E-state index in [-0.39, 0.29) is 6.10 Å². The quantitative estimate of drug-likeness (QED) is 0.767. The van der Waals surface area contributed by atoms with Gasteiger partial charge >= 0.3 is 0 Å². The molecule has 1 N–H and O–H groups in total. The van der Waals surface area contributed by atoms with E-state index in [2.05, 4.69) is 13.8 Å². The number of ether oxygens (including phenoxy) is 1. The van der Waals surface area contributed by atoms with Crippen LogP contribution in [0, 0.1) is 11.8 Å². The van der Waals surface area contributed by atoms with Gasteiger partial charge in [-0.1, -0.05) is 13.8 Å². The van der Waals surface area contributed by atoms with Crippen LogP contribution in [0.15, 0.2) is 0 Å². The summed E-state index contributed by atoms with van der Waals surface area (Å²) in [6, 6.07) is -4.93. The van der Waals surface area contributed by atoms with Gasteiger partial charge in [0.15, 0.2) is 0 Å². The molecule has 0 radical (unpaired) electrons. The van der Waals surface area contributed by atoms with Gasteiger partial charge in [0.2, 0.25) is 15.9 Å². The summed E-state index contributed by atoms with van der Waals surface area (Å²) in [5.41, 5.74) is 0. The fraction of sp³-hybridized carbons (Fsp3) is 0.944. The molecule has 1 heterocycles. The van der Waals surface area contributed by atoms with E-state index in [0.29, 0.717) is 16.7 Å². The highest BCUT2D eigenvalue weighted by atomic mass is 32.2. The third-order valence-corrected chi connectivity index (χ3v) is 5.44. The summed E-state index contributed by atoms with van der Waals surface area (Å²) in [6.07, 6.45) is 0.652. The lowest BCUT2D eigenvalue weighted by atomic mass is 9.80. The highest BCUT2D eigenvalue weighted by Crippen LogP contribution is 2.31. The number of piperidine rings is 1. The minimum Gasteiger partial charge on any atom is -0.376 e. The Morgan fingerprint density at radius 1 is 1.36 bits per heavy atom. The first-order chi connectivity index (χ1) is 13.6. The molecule has 1 aliphatic carbocycles. The maximum atomic E-state index is 12.3. The predicted octanol–water partition coefficient (Wildman–Crippen LogP) is 2.15. The fourth-order valence-electron chi connectivity index (χ4n) is 3.39. The van der Waals surface area contributed by atoms with Crippen molar-refractivity contribution in [3.8, 4) is 0 Å². The predicted molar refractivity (Wildman–Crippen MR) is 98.7 cm³/mol. The number of amides is 1. The van der Waals surface area contributed by atoms with Crippen LogP contribution in [-0.4, -0.2) is 56.7 Å². The van der Waals surface area contributed by atoms with Gasteiger partial charge in [-0.05, 0) is 50.3 Å². The third kappa shape index (κ3) is 6.22. The molecule has 0 bridgehead atoms. The van der Waals surface area contributed by atoms with E-state index < -0.39 is 53.9 Å². The lowest BCUT2D eigenvalue weighted by Crippen LogP contribution is -2.58.